The minimum atomic E-state index is 0. The average Bonchev–Trinajstić information content (AvgIpc) is 3.21. The van der Waals surface area contributed by atoms with Gasteiger partial charge in [0.1, 0.15) is 5.75 Å². The first-order valence-electron chi connectivity index (χ1n) is 10.2. The molecule has 6 nitrogen and oxygen atoms in total. The summed E-state index contributed by atoms with van der Waals surface area (Å²) in [6.45, 7) is 10.3. The summed E-state index contributed by atoms with van der Waals surface area (Å²) < 4.78 is 11.1. The molecule has 2 aliphatic rings. The molecule has 2 heterocycles. The van der Waals surface area contributed by atoms with E-state index in [1.807, 2.05) is 0 Å². The summed E-state index contributed by atoms with van der Waals surface area (Å²) in [6, 6.07) is 6.27. The van der Waals surface area contributed by atoms with Crippen molar-refractivity contribution in [1.82, 2.24) is 15.5 Å². The second kappa shape index (κ2) is 12.2. The first kappa shape index (κ1) is 24.6. The zero-order valence-corrected chi connectivity index (χ0v) is 21.0. The predicted molar refractivity (Wildman–Crippen MR) is 133 cm³/mol. The Kier molecular flexibility index (Phi) is 10.3. The number of hydrogen-bond donors (Lipinski definition) is 2. The lowest BCUT2D eigenvalue weighted by Gasteiger charge is -2.43. The minimum Gasteiger partial charge on any atom is -0.496 e. The average molecular weight is 535 g/mol. The summed E-state index contributed by atoms with van der Waals surface area (Å²) in [6.07, 6.45) is 1.22. The molecule has 0 bridgehead atoms. The molecule has 164 valence electrons. The highest BCUT2D eigenvalue weighted by atomic mass is 127. The SMILES string of the molecule is CCNC(=NCc1ccc(C)cc1OC)NCC1(N2CCOCC2)CCSC1.I. The van der Waals surface area contributed by atoms with Gasteiger partial charge < -0.3 is 20.1 Å². The topological polar surface area (TPSA) is 58.1 Å². The van der Waals surface area contributed by atoms with Crippen molar-refractivity contribution in [3.05, 3.63) is 29.3 Å². The third kappa shape index (κ3) is 6.63. The largest absolute Gasteiger partial charge is 0.496 e. The van der Waals surface area contributed by atoms with Gasteiger partial charge in [-0.2, -0.15) is 11.8 Å². The Bertz CT molecular complexity index is 662. The van der Waals surface area contributed by atoms with Gasteiger partial charge in [-0.25, -0.2) is 4.99 Å². The van der Waals surface area contributed by atoms with E-state index < -0.39 is 0 Å². The number of thioether (sulfide) groups is 1. The number of hydrogen-bond acceptors (Lipinski definition) is 5. The van der Waals surface area contributed by atoms with E-state index in [1.165, 1.54) is 23.5 Å². The molecule has 1 aromatic rings. The molecule has 8 heteroatoms. The fourth-order valence-electron chi connectivity index (χ4n) is 3.87. The predicted octanol–water partition coefficient (Wildman–Crippen LogP) is 2.88. The molecule has 2 fully saturated rings. The van der Waals surface area contributed by atoms with Gasteiger partial charge >= 0.3 is 0 Å². The van der Waals surface area contributed by atoms with Crippen LogP contribution in [0.4, 0.5) is 0 Å². The Labute approximate surface area is 196 Å². The number of ether oxygens (including phenoxy) is 2. The zero-order chi connectivity index (χ0) is 19.8. The number of nitrogens with one attached hydrogen (secondary N) is 2. The Morgan fingerprint density at radius 2 is 2.10 bits per heavy atom. The maximum absolute atomic E-state index is 5.57. The van der Waals surface area contributed by atoms with Gasteiger partial charge in [0.15, 0.2) is 5.96 Å². The molecule has 1 aromatic carbocycles. The molecule has 2 N–H and O–H groups in total. The van der Waals surface area contributed by atoms with Crippen LogP contribution in [-0.4, -0.2) is 74.4 Å². The normalized spacial score (nSPS) is 22.8. The van der Waals surface area contributed by atoms with Gasteiger partial charge in [-0.1, -0.05) is 12.1 Å². The maximum atomic E-state index is 5.57. The summed E-state index contributed by atoms with van der Waals surface area (Å²) in [7, 11) is 1.72. The first-order chi connectivity index (χ1) is 13.7. The second-order valence-corrected chi connectivity index (χ2v) is 8.60. The molecule has 0 saturated carbocycles. The van der Waals surface area contributed by atoms with Gasteiger partial charge in [0.25, 0.3) is 0 Å². The van der Waals surface area contributed by atoms with Crippen molar-refractivity contribution in [2.24, 2.45) is 4.99 Å². The number of nitrogens with zero attached hydrogens (tertiary/aromatic N) is 2. The lowest BCUT2D eigenvalue weighted by atomic mass is 9.95. The van der Waals surface area contributed by atoms with Crippen molar-refractivity contribution < 1.29 is 9.47 Å². The molecular weight excluding hydrogens is 499 g/mol. The number of methoxy groups -OCH3 is 1. The Morgan fingerprint density at radius 1 is 1.31 bits per heavy atom. The molecule has 2 saturated heterocycles. The van der Waals surface area contributed by atoms with Crippen LogP contribution in [0.2, 0.25) is 0 Å². The number of rotatable bonds is 7. The van der Waals surface area contributed by atoms with E-state index >= 15 is 0 Å². The van der Waals surface area contributed by atoms with Gasteiger partial charge in [-0.05, 0) is 37.7 Å². The Morgan fingerprint density at radius 3 is 2.76 bits per heavy atom. The lowest BCUT2D eigenvalue weighted by Crippen LogP contribution is -2.60. The Balaban J connectivity index is 0.00000300. The van der Waals surface area contributed by atoms with Gasteiger partial charge in [0.2, 0.25) is 0 Å². The summed E-state index contributed by atoms with van der Waals surface area (Å²) in [5.74, 6) is 4.17. The van der Waals surface area contributed by atoms with Gasteiger partial charge in [0.05, 0.1) is 26.9 Å². The molecule has 2 aliphatic heterocycles. The van der Waals surface area contributed by atoms with Crippen molar-refractivity contribution in [2.75, 3.05) is 58.0 Å². The van der Waals surface area contributed by atoms with Crippen LogP contribution < -0.4 is 15.4 Å². The van der Waals surface area contributed by atoms with E-state index in [0.29, 0.717) is 6.54 Å². The maximum Gasteiger partial charge on any atom is 0.191 e. The van der Waals surface area contributed by atoms with E-state index in [-0.39, 0.29) is 29.5 Å². The number of aliphatic imine (C=N–C) groups is 1. The Hall–Kier alpha value is -0.710. The quantitative estimate of drug-likeness (QED) is 0.319. The highest BCUT2D eigenvalue weighted by molar-refractivity contribution is 14.0. The van der Waals surface area contributed by atoms with Crippen molar-refractivity contribution in [3.8, 4) is 5.75 Å². The third-order valence-electron chi connectivity index (χ3n) is 5.54. The fourth-order valence-corrected chi connectivity index (χ4v) is 5.35. The molecule has 0 aromatic heterocycles. The number of guanidine groups is 1. The summed E-state index contributed by atoms with van der Waals surface area (Å²) >= 11 is 2.06. The van der Waals surface area contributed by atoms with Crippen LogP contribution in [0.25, 0.3) is 0 Å². The summed E-state index contributed by atoms with van der Waals surface area (Å²) in [5, 5.41) is 7.02. The molecule has 29 heavy (non-hydrogen) atoms. The minimum absolute atomic E-state index is 0. The van der Waals surface area contributed by atoms with Gasteiger partial charge in [0, 0.05) is 43.0 Å². The lowest BCUT2D eigenvalue weighted by molar-refractivity contribution is -0.0120. The number of morpholine rings is 1. The van der Waals surface area contributed by atoms with E-state index in [9.17, 15) is 0 Å². The molecule has 0 radical (unpaired) electrons. The monoisotopic (exact) mass is 534 g/mol. The number of aryl methyl sites for hydroxylation is 1. The second-order valence-electron chi connectivity index (χ2n) is 7.49. The van der Waals surface area contributed by atoms with E-state index in [0.717, 1.165) is 56.7 Å². The molecule has 0 amide bonds. The highest BCUT2D eigenvalue weighted by Crippen LogP contribution is 2.33. The highest BCUT2D eigenvalue weighted by Gasteiger charge is 2.40. The standard InChI is InChI=1S/C21H34N4O2S.HI/c1-4-22-20(23-14-18-6-5-17(2)13-19(18)26-3)24-15-21(7-12-28-16-21)25-8-10-27-11-9-25;/h5-6,13H,4,7-12,14-16H2,1-3H3,(H2,22,23,24);1H. The molecule has 1 atom stereocenters. The van der Waals surface area contributed by atoms with E-state index in [1.54, 1.807) is 7.11 Å². The third-order valence-corrected chi connectivity index (χ3v) is 6.78. The van der Waals surface area contributed by atoms with Crippen LogP contribution >= 0.6 is 35.7 Å². The van der Waals surface area contributed by atoms with Crippen molar-refractivity contribution in [1.29, 1.82) is 0 Å². The van der Waals surface area contributed by atoms with Gasteiger partial charge in [-0.15, -0.1) is 24.0 Å². The van der Waals surface area contributed by atoms with Crippen LogP contribution in [0.15, 0.2) is 23.2 Å². The number of halogens is 1. The van der Waals surface area contributed by atoms with Crippen LogP contribution in [0.5, 0.6) is 5.75 Å². The molecule has 0 spiro atoms. The number of benzene rings is 1. The van der Waals surface area contributed by atoms with Crippen molar-refractivity contribution >= 4 is 41.7 Å². The molecule has 1 unspecified atom stereocenters. The molecular formula is C21H35IN4O2S. The van der Waals surface area contributed by atoms with E-state index in [4.69, 9.17) is 14.5 Å². The zero-order valence-electron chi connectivity index (χ0n) is 17.8. The first-order valence-corrected chi connectivity index (χ1v) is 11.4. The van der Waals surface area contributed by atoms with Crippen LogP contribution in [0, 0.1) is 6.92 Å². The fraction of sp³-hybridized carbons (Fsp3) is 0.667. The molecule has 3 rings (SSSR count). The van der Waals surface area contributed by atoms with E-state index in [2.05, 4.69) is 59.3 Å². The van der Waals surface area contributed by atoms with Crippen LogP contribution in [-0.2, 0) is 11.3 Å². The van der Waals surface area contributed by atoms with Crippen LogP contribution in [0.3, 0.4) is 0 Å². The van der Waals surface area contributed by atoms with Gasteiger partial charge in [-0.3, -0.25) is 4.90 Å². The summed E-state index contributed by atoms with van der Waals surface area (Å²) in [5.41, 5.74) is 2.50. The van der Waals surface area contributed by atoms with Crippen molar-refractivity contribution in [2.45, 2.75) is 32.4 Å². The smallest absolute Gasteiger partial charge is 0.191 e. The van der Waals surface area contributed by atoms with Crippen molar-refractivity contribution in [3.63, 3.8) is 0 Å². The summed E-state index contributed by atoms with van der Waals surface area (Å²) in [4.78, 5) is 7.44. The molecule has 0 aliphatic carbocycles. The van der Waals surface area contributed by atoms with Crippen LogP contribution in [0.1, 0.15) is 24.5 Å².